The number of hydrogen-bond donors (Lipinski definition) is 1. The zero-order chi connectivity index (χ0) is 14.7. The molecule has 1 fully saturated rings. The van der Waals surface area contributed by atoms with Gasteiger partial charge in [0.1, 0.15) is 5.78 Å². The molecule has 0 N–H and O–H groups in total. The van der Waals surface area contributed by atoms with Gasteiger partial charge in [-0.3, -0.25) is 9.78 Å². The van der Waals surface area contributed by atoms with Crippen LogP contribution in [0.15, 0.2) is 35.4 Å². The summed E-state index contributed by atoms with van der Waals surface area (Å²) in [7, 11) is 0. The van der Waals surface area contributed by atoms with Gasteiger partial charge in [0.15, 0.2) is 0 Å². The summed E-state index contributed by atoms with van der Waals surface area (Å²) in [6.07, 6.45) is 5.92. The summed E-state index contributed by atoms with van der Waals surface area (Å²) in [6, 6.07) is 7.95. The van der Waals surface area contributed by atoms with Gasteiger partial charge in [-0.2, -0.15) is 0 Å². The molecule has 1 saturated heterocycles. The topological polar surface area (TPSA) is 39.2 Å². The number of carbonyl (C=O) groups excluding carboxylic acids is 1. The smallest absolute Gasteiger partial charge is 0.135 e. The fourth-order valence-corrected chi connectivity index (χ4v) is 3.14. The van der Waals surface area contributed by atoms with Crippen molar-refractivity contribution in [3.05, 3.63) is 36.0 Å². The van der Waals surface area contributed by atoms with Gasteiger partial charge in [0, 0.05) is 35.9 Å². The van der Waals surface area contributed by atoms with E-state index in [-0.39, 0.29) is 11.9 Å². The summed E-state index contributed by atoms with van der Waals surface area (Å²) in [6.45, 7) is 0.803. The van der Waals surface area contributed by atoms with Crippen LogP contribution in [0.3, 0.4) is 0 Å². The Balaban J connectivity index is 1.67. The predicted octanol–water partition coefficient (Wildman–Crippen LogP) is 3.59. The van der Waals surface area contributed by atoms with Crippen molar-refractivity contribution in [2.24, 2.45) is 0 Å². The molecule has 0 saturated carbocycles. The molecule has 1 atom stereocenters. The zero-order valence-electron chi connectivity index (χ0n) is 11.9. The van der Waals surface area contributed by atoms with Crippen LogP contribution in [0.5, 0.6) is 0 Å². The molecule has 0 radical (unpaired) electrons. The maximum absolute atomic E-state index is 12.1. The van der Waals surface area contributed by atoms with Crippen LogP contribution >= 0.6 is 12.6 Å². The number of Topliss-reactive ketones (excluding diaryl/α,β-unsaturated/α-hetero) is 1. The molecule has 3 nitrogen and oxygen atoms in total. The Morgan fingerprint density at radius 1 is 1.38 bits per heavy atom. The van der Waals surface area contributed by atoms with Gasteiger partial charge in [0.25, 0.3) is 0 Å². The summed E-state index contributed by atoms with van der Waals surface area (Å²) in [5.74, 6) is 0.286. The van der Waals surface area contributed by atoms with E-state index in [1.54, 1.807) is 6.20 Å². The fraction of sp³-hybridized carbons (Fsp3) is 0.412. The van der Waals surface area contributed by atoms with Gasteiger partial charge in [-0.05, 0) is 37.0 Å². The third-order valence-corrected chi connectivity index (χ3v) is 4.35. The van der Waals surface area contributed by atoms with Gasteiger partial charge in [-0.1, -0.05) is 12.1 Å². The second kappa shape index (κ2) is 6.58. The summed E-state index contributed by atoms with van der Waals surface area (Å²) in [5.41, 5.74) is 2.07. The molecule has 0 aliphatic carbocycles. The first-order valence-electron chi connectivity index (χ1n) is 7.43. The highest BCUT2D eigenvalue weighted by Crippen LogP contribution is 2.24. The lowest BCUT2D eigenvalue weighted by molar-refractivity contribution is -0.121. The number of pyridine rings is 1. The highest BCUT2D eigenvalue weighted by atomic mass is 32.1. The quantitative estimate of drug-likeness (QED) is 0.858. The average molecular weight is 301 g/mol. The van der Waals surface area contributed by atoms with Crippen molar-refractivity contribution >= 4 is 29.3 Å². The normalized spacial score (nSPS) is 18.2. The highest BCUT2D eigenvalue weighted by Gasteiger charge is 2.19. The van der Waals surface area contributed by atoms with Crippen LogP contribution < -0.4 is 0 Å². The Morgan fingerprint density at radius 3 is 3.10 bits per heavy atom. The standard InChI is InChI=1S/C17H19NO2S/c19-13(11-14-3-2-10-20-14)7-6-12-8-9-18-17-15(12)4-1-5-16(17)21/h1,4-5,8-9,14,21H,2-3,6-7,10-11H2. The van der Waals surface area contributed by atoms with Crippen molar-refractivity contribution in [2.75, 3.05) is 6.61 Å². The van der Waals surface area contributed by atoms with Crippen LogP contribution in [0.4, 0.5) is 0 Å². The molecular formula is C17H19NO2S. The van der Waals surface area contributed by atoms with Gasteiger partial charge in [0.2, 0.25) is 0 Å². The number of hydrogen-bond acceptors (Lipinski definition) is 4. The number of nitrogens with zero attached hydrogens (tertiary/aromatic N) is 1. The van der Waals surface area contributed by atoms with Gasteiger partial charge in [-0.25, -0.2) is 0 Å². The molecule has 0 bridgehead atoms. The first-order chi connectivity index (χ1) is 10.2. The molecule has 2 heterocycles. The molecule has 110 valence electrons. The van der Waals surface area contributed by atoms with Crippen molar-refractivity contribution in [3.63, 3.8) is 0 Å². The molecule has 1 aromatic heterocycles. The van der Waals surface area contributed by atoms with Gasteiger partial charge in [0.05, 0.1) is 11.6 Å². The number of rotatable bonds is 5. The molecule has 1 unspecified atom stereocenters. The van der Waals surface area contributed by atoms with Gasteiger partial charge in [-0.15, -0.1) is 12.6 Å². The van der Waals surface area contributed by atoms with E-state index in [9.17, 15) is 4.79 Å². The summed E-state index contributed by atoms with van der Waals surface area (Å²) in [4.78, 5) is 17.3. The van der Waals surface area contributed by atoms with E-state index in [1.165, 1.54) is 0 Å². The molecule has 2 aromatic rings. The van der Waals surface area contributed by atoms with Gasteiger partial charge < -0.3 is 4.74 Å². The Kier molecular flexibility index (Phi) is 4.56. The number of benzene rings is 1. The highest BCUT2D eigenvalue weighted by molar-refractivity contribution is 7.80. The van der Waals surface area contributed by atoms with E-state index in [1.807, 2.05) is 24.3 Å². The number of aromatic nitrogens is 1. The van der Waals surface area contributed by atoms with Crippen LogP contribution in [-0.4, -0.2) is 23.5 Å². The van der Waals surface area contributed by atoms with E-state index < -0.39 is 0 Å². The summed E-state index contributed by atoms with van der Waals surface area (Å²) in [5, 5.41) is 1.09. The lowest BCUT2D eigenvalue weighted by atomic mass is 10.0. The lowest BCUT2D eigenvalue weighted by Gasteiger charge is -2.09. The van der Waals surface area contributed by atoms with Crippen LogP contribution in [0, 0.1) is 0 Å². The molecule has 21 heavy (non-hydrogen) atoms. The van der Waals surface area contributed by atoms with Crippen molar-refractivity contribution in [1.29, 1.82) is 0 Å². The number of carbonyl (C=O) groups is 1. The largest absolute Gasteiger partial charge is 0.378 e. The Hall–Kier alpha value is -1.39. The minimum Gasteiger partial charge on any atom is -0.378 e. The van der Waals surface area contributed by atoms with Crippen LogP contribution in [0.1, 0.15) is 31.2 Å². The number of fused-ring (bicyclic) bond motifs is 1. The number of ether oxygens (including phenoxy) is 1. The molecule has 0 spiro atoms. The minimum atomic E-state index is 0.149. The van der Waals surface area contributed by atoms with Crippen molar-refractivity contribution in [2.45, 2.75) is 43.1 Å². The number of ketones is 1. The number of aryl methyl sites for hydroxylation is 1. The minimum absolute atomic E-state index is 0.149. The first-order valence-corrected chi connectivity index (χ1v) is 7.87. The second-order valence-corrected chi connectivity index (χ2v) is 6.00. The fourth-order valence-electron chi connectivity index (χ4n) is 2.87. The molecule has 0 amide bonds. The molecular weight excluding hydrogens is 282 g/mol. The van der Waals surface area contributed by atoms with E-state index in [2.05, 4.69) is 17.6 Å². The monoisotopic (exact) mass is 301 g/mol. The summed E-state index contributed by atoms with van der Waals surface area (Å²) < 4.78 is 5.52. The predicted molar refractivity (Wildman–Crippen MR) is 85.9 cm³/mol. The zero-order valence-corrected chi connectivity index (χ0v) is 12.8. The van der Waals surface area contributed by atoms with E-state index >= 15 is 0 Å². The van der Waals surface area contributed by atoms with Crippen molar-refractivity contribution in [3.8, 4) is 0 Å². The van der Waals surface area contributed by atoms with Crippen LogP contribution in [0.25, 0.3) is 10.9 Å². The first kappa shape index (κ1) is 14.5. The Bertz CT molecular complexity index is 650. The SMILES string of the molecule is O=C(CCc1ccnc2c(S)cccc12)CC1CCCO1. The molecule has 1 aliphatic rings. The van der Waals surface area contributed by atoms with Crippen molar-refractivity contribution < 1.29 is 9.53 Å². The van der Waals surface area contributed by atoms with Crippen LogP contribution in [-0.2, 0) is 16.0 Å². The van der Waals surface area contributed by atoms with Crippen molar-refractivity contribution in [1.82, 2.24) is 4.98 Å². The maximum atomic E-state index is 12.1. The van der Waals surface area contributed by atoms with Gasteiger partial charge >= 0.3 is 0 Å². The maximum Gasteiger partial charge on any atom is 0.135 e. The third-order valence-electron chi connectivity index (χ3n) is 3.99. The van der Waals surface area contributed by atoms with E-state index in [0.717, 1.165) is 47.2 Å². The summed E-state index contributed by atoms with van der Waals surface area (Å²) >= 11 is 4.44. The Labute approximate surface area is 130 Å². The van der Waals surface area contributed by atoms with E-state index in [4.69, 9.17) is 4.74 Å². The Morgan fingerprint density at radius 2 is 2.29 bits per heavy atom. The van der Waals surface area contributed by atoms with E-state index in [0.29, 0.717) is 12.8 Å². The number of thiol groups is 1. The third kappa shape index (κ3) is 3.44. The number of para-hydroxylation sites is 1. The lowest BCUT2D eigenvalue weighted by Crippen LogP contribution is -2.13. The molecule has 1 aliphatic heterocycles. The molecule has 3 rings (SSSR count). The van der Waals surface area contributed by atoms with Crippen LogP contribution in [0.2, 0.25) is 0 Å². The molecule has 1 aromatic carbocycles. The average Bonchev–Trinajstić information content (AvgIpc) is 2.98. The second-order valence-electron chi connectivity index (χ2n) is 5.52. The molecule has 4 heteroatoms.